The van der Waals surface area contributed by atoms with E-state index in [2.05, 4.69) is 45.0 Å². The zero-order valence-corrected chi connectivity index (χ0v) is 19.2. The van der Waals surface area contributed by atoms with Crippen LogP contribution in [0.4, 0.5) is 4.39 Å². The first-order chi connectivity index (χ1) is 14.0. The van der Waals surface area contributed by atoms with Gasteiger partial charge in [-0.25, -0.2) is 14.0 Å². The van der Waals surface area contributed by atoms with E-state index in [1.54, 1.807) is 13.8 Å². The van der Waals surface area contributed by atoms with Crippen molar-refractivity contribution < 1.29 is 23.5 Å². The van der Waals surface area contributed by atoms with Crippen molar-refractivity contribution in [1.82, 2.24) is 0 Å². The lowest BCUT2D eigenvalue weighted by Gasteiger charge is -2.33. The molecule has 0 bridgehead atoms. The van der Waals surface area contributed by atoms with Crippen LogP contribution in [-0.4, -0.2) is 41.6 Å². The topological polar surface area (TPSA) is 78.6 Å². The van der Waals surface area contributed by atoms with Crippen LogP contribution in [0.1, 0.15) is 52.2 Å². The zero-order valence-electron chi connectivity index (χ0n) is 18.4. The first-order valence-corrected chi connectivity index (χ1v) is 11.6. The molecule has 2 saturated carbocycles. The summed E-state index contributed by atoms with van der Waals surface area (Å²) in [6.45, 7) is 10.0. The van der Waals surface area contributed by atoms with Crippen molar-refractivity contribution in [2.75, 3.05) is 13.2 Å². The van der Waals surface area contributed by atoms with Crippen LogP contribution in [0.15, 0.2) is 24.3 Å². The van der Waals surface area contributed by atoms with Gasteiger partial charge in [-0.05, 0) is 36.8 Å². The second-order valence-electron chi connectivity index (χ2n) is 9.21. The Bertz CT molecular complexity index is 808. The summed E-state index contributed by atoms with van der Waals surface area (Å²) in [5.74, 6) is -2.41. The molecular weight excluding hydrogens is 405 g/mol. The number of thioether (sulfide) groups is 1. The van der Waals surface area contributed by atoms with E-state index in [0.29, 0.717) is 12.2 Å². The monoisotopic (exact) mass is 437 g/mol. The predicted molar refractivity (Wildman–Crippen MR) is 116 cm³/mol. The molecule has 5 nitrogen and oxygen atoms in total. The minimum absolute atomic E-state index is 0.0757. The highest BCUT2D eigenvalue weighted by Crippen LogP contribution is 2.69. The van der Waals surface area contributed by atoms with Gasteiger partial charge < -0.3 is 15.2 Å². The quantitative estimate of drug-likeness (QED) is 0.655. The molecule has 1 aromatic carbocycles. The molecule has 0 spiro atoms. The van der Waals surface area contributed by atoms with Crippen LogP contribution in [-0.2, 0) is 30.2 Å². The van der Waals surface area contributed by atoms with Crippen LogP contribution in [0, 0.1) is 11.8 Å². The Morgan fingerprint density at radius 1 is 1.13 bits per heavy atom. The molecule has 166 valence electrons. The minimum atomic E-state index is -2.19. The number of carbonyl (C=O) groups is 2. The van der Waals surface area contributed by atoms with Crippen molar-refractivity contribution in [2.24, 2.45) is 17.6 Å². The van der Waals surface area contributed by atoms with Crippen LogP contribution in [0.25, 0.3) is 0 Å². The van der Waals surface area contributed by atoms with E-state index in [1.165, 1.54) is 17.3 Å². The maximum atomic E-state index is 15.4. The molecule has 0 unspecified atom stereocenters. The molecule has 0 amide bonds. The molecule has 0 aromatic heterocycles. The van der Waals surface area contributed by atoms with Crippen LogP contribution < -0.4 is 5.73 Å². The molecule has 2 fully saturated rings. The van der Waals surface area contributed by atoms with Gasteiger partial charge in [-0.3, -0.25) is 0 Å². The van der Waals surface area contributed by atoms with Crippen molar-refractivity contribution in [2.45, 2.75) is 68.7 Å². The Hall–Kier alpha value is -1.60. The highest BCUT2D eigenvalue weighted by molar-refractivity contribution is 7.99. The van der Waals surface area contributed by atoms with Crippen molar-refractivity contribution >= 4 is 23.7 Å². The summed E-state index contributed by atoms with van der Waals surface area (Å²) in [5.41, 5.74) is 5.22. The summed E-state index contributed by atoms with van der Waals surface area (Å²) in [5, 5.41) is -0.327. The van der Waals surface area contributed by atoms with Crippen molar-refractivity contribution in [3.8, 4) is 0 Å². The van der Waals surface area contributed by atoms with Gasteiger partial charge in [0, 0.05) is 22.8 Å². The number of hydrogen-bond donors (Lipinski definition) is 1. The number of benzene rings is 1. The Labute approximate surface area is 182 Å². The molecule has 7 heteroatoms. The zero-order chi connectivity index (χ0) is 22.3. The summed E-state index contributed by atoms with van der Waals surface area (Å²) < 4.78 is 25.5. The second-order valence-corrected chi connectivity index (χ2v) is 10.4. The standard InChI is InChI=1S/C23H32FNO4S/c1-6-28-19(26)22(24)16-12-17(23(25,18(16)22)20(27)29-7-2)30-13-14-8-10-15(11-9-14)21(3,4)5/h8-11,16-18H,6-7,12-13,25H2,1-5H3/t16-,17-,18+,22-,23+/m1/s1. The number of rotatable bonds is 7. The highest BCUT2D eigenvalue weighted by atomic mass is 32.2. The SMILES string of the molecule is CCOC(=O)[C@@]1(N)[C@H]2[C@@H](C[C@H]1SCc1ccc(C(C)(C)C)cc1)[C@]2(F)C(=O)OCC. The van der Waals surface area contributed by atoms with Gasteiger partial charge in [0.25, 0.3) is 0 Å². The van der Waals surface area contributed by atoms with E-state index in [-0.39, 0.29) is 23.9 Å². The molecule has 2 N–H and O–H groups in total. The van der Waals surface area contributed by atoms with Crippen LogP contribution in [0.2, 0.25) is 0 Å². The lowest BCUT2D eigenvalue weighted by atomic mass is 9.87. The average molecular weight is 438 g/mol. The molecule has 3 rings (SSSR count). The maximum absolute atomic E-state index is 15.4. The van der Waals surface area contributed by atoms with E-state index in [4.69, 9.17) is 15.2 Å². The average Bonchev–Trinajstić information content (AvgIpc) is 3.16. The lowest BCUT2D eigenvalue weighted by molar-refractivity contribution is -0.156. The smallest absolute Gasteiger partial charge is 0.344 e. The largest absolute Gasteiger partial charge is 0.465 e. The van der Waals surface area contributed by atoms with E-state index < -0.39 is 35.0 Å². The molecule has 0 heterocycles. The normalized spacial score (nSPS) is 32.4. The molecule has 0 aliphatic heterocycles. The van der Waals surface area contributed by atoms with Crippen molar-refractivity contribution in [3.05, 3.63) is 35.4 Å². The maximum Gasteiger partial charge on any atom is 0.344 e. The summed E-state index contributed by atoms with van der Waals surface area (Å²) >= 11 is 1.53. The fourth-order valence-corrected chi connectivity index (χ4v) is 6.03. The molecule has 2 aliphatic rings. The Morgan fingerprint density at radius 2 is 1.70 bits per heavy atom. The molecule has 1 aromatic rings. The fraction of sp³-hybridized carbons (Fsp3) is 0.652. The number of hydrogen-bond acceptors (Lipinski definition) is 6. The Balaban J connectivity index is 1.75. The van der Waals surface area contributed by atoms with E-state index >= 15 is 4.39 Å². The number of halogens is 1. The van der Waals surface area contributed by atoms with Gasteiger partial charge in [-0.2, -0.15) is 11.8 Å². The second kappa shape index (κ2) is 8.15. The van der Waals surface area contributed by atoms with Crippen LogP contribution in [0.5, 0.6) is 0 Å². The van der Waals surface area contributed by atoms with Crippen molar-refractivity contribution in [3.63, 3.8) is 0 Å². The molecule has 5 atom stereocenters. The van der Waals surface area contributed by atoms with Gasteiger partial charge in [0.1, 0.15) is 5.54 Å². The minimum Gasteiger partial charge on any atom is -0.465 e. The third-order valence-corrected chi connectivity index (χ3v) is 7.77. The van der Waals surface area contributed by atoms with Gasteiger partial charge in [0.2, 0.25) is 5.67 Å². The molecule has 0 saturated heterocycles. The molecular formula is C23H32FNO4S. The first-order valence-electron chi connectivity index (χ1n) is 10.5. The number of esters is 2. The predicted octanol–water partition coefficient (Wildman–Crippen LogP) is 3.77. The van der Waals surface area contributed by atoms with Gasteiger partial charge in [-0.15, -0.1) is 0 Å². The summed E-state index contributed by atoms with van der Waals surface area (Å²) in [4.78, 5) is 25.0. The fourth-order valence-electron chi connectivity index (χ4n) is 4.58. The summed E-state index contributed by atoms with van der Waals surface area (Å²) in [6, 6.07) is 8.36. The number of fused-ring (bicyclic) bond motifs is 1. The molecule has 2 aliphatic carbocycles. The Kier molecular flexibility index (Phi) is 6.27. The molecule has 0 radical (unpaired) electrons. The highest BCUT2D eigenvalue weighted by Gasteiger charge is 2.85. The summed E-state index contributed by atoms with van der Waals surface area (Å²) in [7, 11) is 0. The first kappa shape index (κ1) is 23.1. The lowest BCUT2D eigenvalue weighted by Crippen LogP contribution is -2.59. The number of alkyl halides is 1. The van der Waals surface area contributed by atoms with E-state index in [0.717, 1.165) is 5.56 Å². The van der Waals surface area contributed by atoms with Gasteiger partial charge in [0.05, 0.1) is 13.2 Å². The van der Waals surface area contributed by atoms with E-state index in [1.807, 2.05) is 0 Å². The number of ether oxygens (including phenoxy) is 2. The molecule has 30 heavy (non-hydrogen) atoms. The summed E-state index contributed by atoms with van der Waals surface area (Å²) in [6.07, 6.45) is 0.347. The number of nitrogens with two attached hydrogens (primary N) is 1. The van der Waals surface area contributed by atoms with Crippen LogP contribution >= 0.6 is 11.8 Å². The third-order valence-electron chi connectivity index (χ3n) is 6.29. The van der Waals surface area contributed by atoms with E-state index in [9.17, 15) is 9.59 Å². The van der Waals surface area contributed by atoms with Gasteiger partial charge >= 0.3 is 11.9 Å². The van der Waals surface area contributed by atoms with Crippen LogP contribution in [0.3, 0.4) is 0 Å². The van der Waals surface area contributed by atoms with Gasteiger partial charge in [0.15, 0.2) is 0 Å². The number of carbonyl (C=O) groups excluding carboxylic acids is 2. The Morgan fingerprint density at radius 3 is 2.23 bits per heavy atom. The third kappa shape index (κ3) is 3.75. The van der Waals surface area contributed by atoms with Gasteiger partial charge in [-0.1, -0.05) is 45.0 Å². The van der Waals surface area contributed by atoms with Crippen molar-refractivity contribution in [1.29, 1.82) is 0 Å².